The van der Waals surface area contributed by atoms with Gasteiger partial charge in [-0.25, -0.2) is 0 Å². The van der Waals surface area contributed by atoms with Crippen LogP contribution in [-0.2, 0) is 0 Å². The van der Waals surface area contributed by atoms with Crippen LogP contribution in [0.1, 0.15) is 38.7 Å². The minimum Gasteiger partial charge on any atom is -0.494 e. The molecule has 0 bridgehead atoms. The van der Waals surface area contributed by atoms with Gasteiger partial charge in [0.25, 0.3) is 0 Å². The Balaban J connectivity index is 2.92. The van der Waals surface area contributed by atoms with E-state index in [2.05, 4.69) is 37.4 Å². The molecular formula is C14H23NO. The standard InChI is InChI=1S/C14H23NO/c1-5-13(15-4)11(3)12-9-7-8-10-14(12)16-6-2/h7-11,13,15H,5-6H2,1-4H3. The van der Waals surface area contributed by atoms with E-state index >= 15 is 0 Å². The highest BCUT2D eigenvalue weighted by molar-refractivity contribution is 5.36. The molecule has 90 valence electrons. The predicted octanol–water partition coefficient (Wildman–Crippen LogP) is 3.19. The average molecular weight is 221 g/mol. The van der Waals surface area contributed by atoms with Crippen LogP contribution in [0.4, 0.5) is 0 Å². The third-order valence-corrected chi connectivity index (χ3v) is 3.12. The number of likely N-dealkylation sites (N-methyl/N-ethyl adjacent to an activating group) is 1. The Kier molecular flexibility index (Phi) is 5.33. The Labute approximate surface area is 99.0 Å². The maximum atomic E-state index is 5.67. The Hall–Kier alpha value is -1.02. The van der Waals surface area contributed by atoms with Crippen molar-refractivity contribution in [3.05, 3.63) is 29.8 Å². The zero-order valence-electron chi connectivity index (χ0n) is 10.8. The predicted molar refractivity (Wildman–Crippen MR) is 69.2 cm³/mol. The van der Waals surface area contributed by atoms with Crippen molar-refractivity contribution in [2.24, 2.45) is 0 Å². The Morgan fingerprint density at radius 2 is 1.94 bits per heavy atom. The zero-order chi connectivity index (χ0) is 12.0. The summed E-state index contributed by atoms with van der Waals surface area (Å²) in [6.45, 7) is 7.21. The molecule has 1 aromatic rings. The van der Waals surface area contributed by atoms with Gasteiger partial charge < -0.3 is 10.1 Å². The highest BCUT2D eigenvalue weighted by atomic mass is 16.5. The second-order valence-electron chi connectivity index (χ2n) is 4.06. The summed E-state index contributed by atoms with van der Waals surface area (Å²) in [7, 11) is 2.02. The fourth-order valence-electron chi connectivity index (χ4n) is 2.17. The van der Waals surface area contributed by atoms with Gasteiger partial charge >= 0.3 is 0 Å². The molecule has 0 amide bonds. The summed E-state index contributed by atoms with van der Waals surface area (Å²) in [4.78, 5) is 0. The second kappa shape index (κ2) is 6.54. The van der Waals surface area contributed by atoms with Crippen LogP contribution in [0.3, 0.4) is 0 Å². The Morgan fingerprint density at radius 3 is 2.50 bits per heavy atom. The molecule has 1 aromatic carbocycles. The van der Waals surface area contributed by atoms with Crippen molar-refractivity contribution in [1.82, 2.24) is 5.32 Å². The first-order valence-corrected chi connectivity index (χ1v) is 6.13. The van der Waals surface area contributed by atoms with Crippen LogP contribution in [0.5, 0.6) is 5.75 Å². The van der Waals surface area contributed by atoms with Gasteiger partial charge in [-0.3, -0.25) is 0 Å². The molecule has 0 spiro atoms. The molecule has 0 aliphatic carbocycles. The van der Waals surface area contributed by atoms with Crippen LogP contribution >= 0.6 is 0 Å². The average Bonchev–Trinajstić information content (AvgIpc) is 2.31. The smallest absolute Gasteiger partial charge is 0.122 e. The Morgan fingerprint density at radius 1 is 1.25 bits per heavy atom. The lowest BCUT2D eigenvalue weighted by Gasteiger charge is -2.24. The first kappa shape index (κ1) is 13.0. The number of hydrogen-bond acceptors (Lipinski definition) is 2. The number of hydrogen-bond donors (Lipinski definition) is 1. The molecule has 1 rings (SSSR count). The molecule has 0 aliphatic rings. The molecule has 2 heteroatoms. The summed E-state index contributed by atoms with van der Waals surface area (Å²) < 4.78 is 5.67. The van der Waals surface area contributed by atoms with Gasteiger partial charge in [0.15, 0.2) is 0 Å². The topological polar surface area (TPSA) is 21.3 Å². The van der Waals surface area contributed by atoms with Crippen molar-refractivity contribution in [2.75, 3.05) is 13.7 Å². The monoisotopic (exact) mass is 221 g/mol. The van der Waals surface area contributed by atoms with Gasteiger partial charge in [-0.1, -0.05) is 32.0 Å². The molecule has 0 radical (unpaired) electrons. The summed E-state index contributed by atoms with van der Waals surface area (Å²) in [6.07, 6.45) is 1.12. The van der Waals surface area contributed by atoms with Crippen molar-refractivity contribution in [2.45, 2.75) is 39.2 Å². The Bertz CT molecular complexity index is 307. The number of ether oxygens (including phenoxy) is 1. The fourth-order valence-corrected chi connectivity index (χ4v) is 2.17. The van der Waals surface area contributed by atoms with Gasteiger partial charge in [-0.2, -0.15) is 0 Å². The largest absolute Gasteiger partial charge is 0.494 e. The minimum absolute atomic E-state index is 0.470. The highest BCUT2D eigenvalue weighted by Crippen LogP contribution is 2.29. The molecule has 0 fully saturated rings. The molecule has 2 atom stereocenters. The van der Waals surface area contributed by atoms with Crippen molar-refractivity contribution in [1.29, 1.82) is 0 Å². The van der Waals surface area contributed by atoms with Gasteiger partial charge in [0.05, 0.1) is 6.61 Å². The molecular weight excluding hydrogens is 198 g/mol. The minimum atomic E-state index is 0.470. The number of benzene rings is 1. The van der Waals surface area contributed by atoms with Crippen LogP contribution in [0.2, 0.25) is 0 Å². The molecule has 0 aromatic heterocycles. The van der Waals surface area contributed by atoms with Gasteiger partial charge in [0.1, 0.15) is 5.75 Å². The van der Waals surface area contributed by atoms with E-state index in [0.29, 0.717) is 12.0 Å². The molecule has 16 heavy (non-hydrogen) atoms. The summed E-state index contributed by atoms with van der Waals surface area (Å²) in [5.74, 6) is 1.49. The van der Waals surface area contributed by atoms with Gasteiger partial charge in [0, 0.05) is 12.0 Å². The van der Waals surface area contributed by atoms with Crippen LogP contribution in [0.25, 0.3) is 0 Å². The first-order chi connectivity index (χ1) is 7.74. The normalized spacial score (nSPS) is 14.5. The lowest BCUT2D eigenvalue weighted by Crippen LogP contribution is -2.30. The summed E-state index contributed by atoms with van der Waals surface area (Å²) in [5.41, 5.74) is 1.30. The molecule has 1 N–H and O–H groups in total. The van der Waals surface area contributed by atoms with Crippen molar-refractivity contribution in [3.63, 3.8) is 0 Å². The second-order valence-corrected chi connectivity index (χ2v) is 4.06. The quantitative estimate of drug-likeness (QED) is 0.796. The van der Waals surface area contributed by atoms with E-state index in [1.54, 1.807) is 0 Å². The van der Waals surface area contributed by atoms with Crippen LogP contribution < -0.4 is 10.1 Å². The van der Waals surface area contributed by atoms with E-state index < -0.39 is 0 Å². The molecule has 0 heterocycles. The summed E-state index contributed by atoms with van der Waals surface area (Å²) in [5, 5.41) is 3.36. The number of rotatable bonds is 6. The van der Waals surface area contributed by atoms with Gasteiger partial charge in [-0.05, 0) is 32.0 Å². The van der Waals surface area contributed by atoms with E-state index in [9.17, 15) is 0 Å². The third-order valence-electron chi connectivity index (χ3n) is 3.12. The van der Waals surface area contributed by atoms with E-state index in [4.69, 9.17) is 4.74 Å². The van der Waals surface area contributed by atoms with Gasteiger partial charge in [0.2, 0.25) is 0 Å². The van der Waals surface area contributed by atoms with E-state index in [1.807, 2.05) is 20.0 Å². The van der Waals surface area contributed by atoms with Crippen molar-refractivity contribution >= 4 is 0 Å². The van der Waals surface area contributed by atoms with E-state index in [-0.39, 0.29) is 0 Å². The number of nitrogens with one attached hydrogen (secondary N) is 1. The maximum Gasteiger partial charge on any atom is 0.122 e. The summed E-state index contributed by atoms with van der Waals surface area (Å²) >= 11 is 0. The molecule has 2 unspecified atom stereocenters. The number of para-hydroxylation sites is 1. The first-order valence-electron chi connectivity index (χ1n) is 6.13. The molecule has 0 saturated heterocycles. The molecule has 2 nitrogen and oxygen atoms in total. The molecule has 0 saturated carbocycles. The van der Waals surface area contributed by atoms with Crippen molar-refractivity contribution in [3.8, 4) is 5.75 Å². The lowest BCUT2D eigenvalue weighted by atomic mass is 9.91. The molecule has 0 aliphatic heterocycles. The SMILES string of the molecule is CCOc1ccccc1C(C)C(CC)NC. The van der Waals surface area contributed by atoms with Crippen LogP contribution in [0, 0.1) is 0 Å². The van der Waals surface area contributed by atoms with Crippen LogP contribution in [0.15, 0.2) is 24.3 Å². The zero-order valence-corrected chi connectivity index (χ0v) is 10.8. The highest BCUT2D eigenvalue weighted by Gasteiger charge is 2.18. The third kappa shape index (κ3) is 2.99. The fraction of sp³-hybridized carbons (Fsp3) is 0.571. The van der Waals surface area contributed by atoms with Gasteiger partial charge in [-0.15, -0.1) is 0 Å². The summed E-state index contributed by atoms with van der Waals surface area (Å²) in [6, 6.07) is 8.83. The van der Waals surface area contributed by atoms with Crippen LogP contribution in [-0.4, -0.2) is 19.7 Å². The maximum absolute atomic E-state index is 5.67. The van der Waals surface area contributed by atoms with Crippen molar-refractivity contribution < 1.29 is 4.74 Å². The lowest BCUT2D eigenvalue weighted by molar-refractivity contribution is 0.330. The van der Waals surface area contributed by atoms with E-state index in [1.165, 1.54) is 5.56 Å². The van der Waals surface area contributed by atoms with E-state index in [0.717, 1.165) is 18.8 Å².